The summed E-state index contributed by atoms with van der Waals surface area (Å²) in [7, 11) is 0. The van der Waals surface area contributed by atoms with Crippen molar-refractivity contribution in [2.24, 2.45) is 10.9 Å². The molecule has 1 fully saturated rings. The van der Waals surface area contributed by atoms with Crippen molar-refractivity contribution in [3.8, 4) is 0 Å². The Balaban J connectivity index is 2.62. The van der Waals surface area contributed by atoms with Crippen LogP contribution in [0.25, 0.3) is 0 Å². The number of nitrogens with two attached hydrogens (primary N) is 1. The zero-order chi connectivity index (χ0) is 9.14. The van der Waals surface area contributed by atoms with Crippen molar-refractivity contribution in [3.05, 3.63) is 0 Å². The van der Waals surface area contributed by atoms with Crippen molar-refractivity contribution < 1.29 is 14.8 Å². The molecule has 0 aromatic heterocycles. The smallest absolute Gasteiger partial charge is 0.325 e. The molecule has 0 spiro atoms. The van der Waals surface area contributed by atoms with Crippen LogP contribution in [0.2, 0.25) is 0 Å². The Hall–Kier alpha value is -1.79. The highest BCUT2D eigenvalue weighted by molar-refractivity contribution is 6.04. The van der Waals surface area contributed by atoms with Gasteiger partial charge in [0.25, 0.3) is 0 Å². The highest BCUT2D eigenvalue weighted by atomic mass is 16.4. The molecule has 0 aromatic carbocycles. The van der Waals surface area contributed by atoms with E-state index in [2.05, 4.69) is 10.5 Å². The Morgan fingerprint density at radius 3 is 2.83 bits per heavy atom. The number of hydrogen-bond acceptors (Lipinski definition) is 4. The van der Waals surface area contributed by atoms with Crippen LogP contribution in [0.3, 0.4) is 0 Å². The molecule has 7 heteroatoms. The van der Waals surface area contributed by atoms with Gasteiger partial charge in [-0.05, 0) is 0 Å². The highest BCUT2D eigenvalue weighted by Gasteiger charge is 2.28. The summed E-state index contributed by atoms with van der Waals surface area (Å²) in [5, 5.41) is 13.1. The maximum Gasteiger partial charge on any atom is 0.325 e. The fourth-order valence-corrected chi connectivity index (χ4v) is 0.809. The van der Waals surface area contributed by atoms with Gasteiger partial charge in [-0.1, -0.05) is 5.16 Å². The third-order valence-electron chi connectivity index (χ3n) is 1.39. The maximum absolute atomic E-state index is 10.9. The van der Waals surface area contributed by atoms with Gasteiger partial charge < -0.3 is 16.3 Å². The van der Waals surface area contributed by atoms with Crippen molar-refractivity contribution in [1.82, 2.24) is 10.2 Å². The first-order valence-corrected chi connectivity index (χ1v) is 3.19. The molecule has 1 heterocycles. The number of urea groups is 1. The minimum absolute atomic E-state index is 0.0302. The normalized spacial score (nSPS) is 18.3. The van der Waals surface area contributed by atoms with E-state index in [0.29, 0.717) is 0 Å². The number of imide groups is 1. The van der Waals surface area contributed by atoms with E-state index in [-0.39, 0.29) is 24.8 Å². The van der Waals surface area contributed by atoms with Crippen molar-refractivity contribution in [2.75, 3.05) is 13.1 Å². The van der Waals surface area contributed by atoms with Crippen LogP contribution in [0.15, 0.2) is 5.16 Å². The number of nitrogens with one attached hydrogen (secondary N) is 1. The van der Waals surface area contributed by atoms with E-state index in [1.807, 2.05) is 0 Å². The number of nitrogens with zero attached hydrogens (tertiary/aromatic N) is 2. The second-order valence-electron chi connectivity index (χ2n) is 2.23. The second kappa shape index (κ2) is 3.07. The predicted octanol–water partition coefficient (Wildman–Crippen LogP) is -1.72. The molecule has 0 radical (unpaired) electrons. The van der Waals surface area contributed by atoms with Gasteiger partial charge in [-0.3, -0.25) is 9.69 Å². The third-order valence-corrected chi connectivity index (χ3v) is 1.39. The minimum atomic E-state index is -0.522. The summed E-state index contributed by atoms with van der Waals surface area (Å²) in [6.45, 7) is -0.210. The molecule has 1 saturated heterocycles. The largest absolute Gasteiger partial charge is 0.409 e. The summed E-state index contributed by atoms with van der Waals surface area (Å²) in [6.07, 6.45) is 0. The lowest BCUT2D eigenvalue weighted by Gasteiger charge is -2.09. The number of amides is 3. The van der Waals surface area contributed by atoms with Crippen LogP contribution >= 0.6 is 0 Å². The fourth-order valence-electron chi connectivity index (χ4n) is 0.809. The molecule has 0 unspecified atom stereocenters. The van der Waals surface area contributed by atoms with Gasteiger partial charge in [-0.2, -0.15) is 0 Å². The van der Waals surface area contributed by atoms with Crippen LogP contribution in [-0.4, -0.2) is 41.0 Å². The van der Waals surface area contributed by atoms with E-state index in [1.54, 1.807) is 0 Å². The maximum atomic E-state index is 10.9. The van der Waals surface area contributed by atoms with Crippen molar-refractivity contribution in [1.29, 1.82) is 0 Å². The predicted molar refractivity (Wildman–Crippen MR) is 38.5 cm³/mol. The summed E-state index contributed by atoms with van der Waals surface area (Å²) in [4.78, 5) is 22.6. The molecule has 0 aliphatic carbocycles. The number of oxime groups is 1. The van der Waals surface area contributed by atoms with Gasteiger partial charge in [-0.25, -0.2) is 4.79 Å². The molecule has 3 amide bonds. The van der Waals surface area contributed by atoms with Crippen LogP contribution < -0.4 is 11.1 Å². The van der Waals surface area contributed by atoms with Gasteiger partial charge in [0.05, 0.1) is 13.1 Å². The van der Waals surface area contributed by atoms with E-state index in [1.165, 1.54) is 0 Å². The van der Waals surface area contributed by atoms with Crippen LogP contribution in [0.1, 0.15) is 0 Å². The van der Waals surface area contributed by atoms with Gasteiger partial charge in [0.15, 0.2) is 5.84 Å². The van der Waals surface area contributed by atoms with E-state index >= 15 is 0 Å². The molecular weight excluding hydrogens is 164 g/mol. The third kappa shape index (κ3) is 1.44. The Labute approximate surface area is 67.8 Å². The van der Waals surface area contributed by atoms with Gasteiger partial charge >= 0.3 is 6.03 Å². The standard InChI is InChI=1S/C5H8N4O3/c6-3(8-12)2-9-4(10)1-7-5(9)11/h12H,1-2H2,(H2,6,8)(H,7,11). The van der Waals surface area contributed by atoms with Gasteiger partial charge in [0.2, 0.25) is 5.91 Å². The van der Waals surface area contributed by atoms with E-state index in [4.69, 9.17) is 10.9 Å². The first-order valence-electron chi connectivity index (χ1n) is 3.19. The molecule has 12 heavy (non-hydrogen) atoms. The molecule has 1 rings (SSSR count). The number of carbonyl (C=O) groups is 2. The first kappa shape index (κ1) is 8.31. The van der Waals surface area contributed by atoms with Crippen molar-refractivity contribution in [2.45, 2.75) is 0 Å². The monoisotopic (exact) mass is 172 g/mol. The summed E-state index contributed by atoms with van der Waals surface area (Å²) in [5.74, 6) is -0.563. The zero-order valence-corrected chi connectivity index (χ0v) is 6.15. The minimum Gasteiger partial charge on any atom is -0.409 e. The molecule has 7 nitrogen and oxygen atoms in total. The van der Waals surface area contributed by atoms with Crippen LogP contribution in [-0.2, 0) is 4.79 Å². The average Bonchev–Trinajstić information content (AvgIpc) is 2.35. The number of rotatable bonds is 2. The van der Waals surface area contributed by atoms with Gasteiger partial charge in [0, 0.05) is 0 Å². The SMILES string of the molecule is NC(CN1C(=O)CNC1=O)=NO. The van der Waals surface area contributed by atoms with Gasteiger partial charge in [-0.15, -0.1) is 0 Å². The molecule has 0 aromatic rings. The number of hydrogen-bond donors (Lipinski definition) is 3. The summed E-state index contributed by atoms with van der Waals surface area (Å²) in [6, 6.07) is -0.522. The number of amidine groups is 1. The lowest BCUT2D eigenvalue weighted by molar-refractivity contribution is -0.124. The molecule has 1 aliphatic heterocycles. The topological polar surface area (TPSA) is 108 Å². The van der Waals surface area contributed by atoms with E-state index < -0.39 is 6.03 Å². The number of carbonyl (C=O) groups excluding carboxylic acids is 2. The Bertz CT molecular complexity index is 233. The Morgan fingerprint density at radius 1 is 1.75 bits per heavy atom. The van der Waals surface area contributed by atoms with Crippen molar-refractivity contribution in [3.63, 3.8) is 0 Å². The first-order chi connectivity index (χ1) is 5.65. The fraction of sp³-hybridized carbons (Fsp3) is 0.400. The quantitative estimate of drug-likeness (QED) is 0.151. The molecule has 1 aliphatic rings. The molecule has 66 valence electrons. The van der Waals surface area contributed by atoms with E-state index in [0.717, 1.165) is 4.90 Å². The lowest BCUT2D eigenvalue weighted by Crippen LogP contribution is -2.38. The Morgan fingerprint density at radius 2 is 2.42 bits per heavy atom. The van der Waals surface area contributed by atoms with Crippen LogP contribution in [0.5, 0.6) is 0 Å². The molecule has 0 atom stereocenters. The molecule has 0 saturated carbocycles. The average molecular weight is 172 g/mol. The van der Waals surface area contributed by atoms with Crippen LogP contribution in [0.4, 0.5) is 4.79 Å². The molecule has 0 bridgehead atoms. The summed E-state index contributed by atoms with van der Waals surface area (Å²) < 4.78 is 0. The summed E-state index contributed by atoms with van der Waals surface area (Å²) in [5.41, 5.74) is 5.10. The zero-order valence-electron chi connectivity index (χ0n) is 6.15. The van der Waals surface area contributed by atoms with Gasteiger partial charge in [0.1, 0.15) is 0 Å². The second-order valence-corrected chi connectivity index (χ2v) is 2.23. The lowest BCUT2D eigenvalue weighted by atomic mass is 10.5. The molecular formula is C5H8N4O3. The Kier molecular flexibility index (Phi) is 2.13. The summed E-state index contributed by atoms with van der Waals surface area (Å²) >= 11 is 0. The van der Waals surface area contributed by atoms with Crippen molar-refractivity contribution >= 4 is 17.8 Å². The van der Waals surface area contributed by atoms with E-state index in [9.17, 15) is 9.59 Å². The van der Waals surface area contributed by atoms with Crippen LogP contribution in [0, 0.1) is 0 Å². The molecule has 4 N–H and O–H groups in total. The highest BCUT2D eigenvalue weighted by Crippen LogP contribution is 1.97.